The molecule has 0 aliphatic carbocycles. The zero-order valence-electron chi connectivity index (χ0n) is 11.0. The normalized spacial score (nSPS) is 16.1. The summed E-state index contributed by atoms with van der Waals surface area (Å²) in [4.78, 5) is 10.8. The van der Waals surface area contributed by atoms with Gasteiger partial charge in [0.05, 0.1) is 0 Å². The van der Waals surface area contributed by atoms with Crippen molar-refractivity contribution in [2.45, 2.75) is 32.6 Å². The molecule has 0 amide bonds. The summed E-state index contributed by atoms with van der Waals surface area (Å²) in [5.74, 6) is 0.899. The third kappa shape index (κ3) is 3.56. The van der Waals surface area contributed by atoms with Crippen LogP contribution in [0.15, 0.2) is 6.33 Å². The average Bonchev–Trinajstić information content (AvgIpc) is 2.86. The maximum Gasteiger partial charge on any atom is 0.137 e. The minimum absolute atomic E-state index is 0.579. The molecule has 0 saturated carbocycles. The summed E-state index contributed by atoms with van der Waals surface area (Å²) in [5.41, 5.74) is 1.04. The number of likely N-dealkylation sites (tertiary alicyclic amines) is 1. The fraction of sp³-hybridized carbons (Fsp3) is 0.692. The quantitative estimate of drug-likeness (QED) is 0.806. The first-order chi connectivity index (χ1) is 8.81. The second-order valence-corrected chi connectivity index (χ2v) is 5.08. The SMILES string of the molecule is CCCc1c(Cl)ncnc1NCCN1CCCC1. The molecule has 2 heterocycles. The van der Waals surface area contributed by atoms with Gasteiger partial charge in [-0.15, -0.1) is 0 Å². The first-order valence-electron chi connectivity index (χ1n) is 6.77. The molecular weight excluding hydrogens is 248 g/mol. The Kier molecular flexibility index (Phi) is 5.20. The Morgan fingerprint density at radius 1 is 1.33 bits per heavy atom. The molecule has 2 rings (SSSR count). The van der Waals surface area contributed by atoms with Crippen LogP contribution in [0.5, 0.6) is 0 Å². The van der Waals surface area contributed by atoms with Gasteiger partial charge < -0.3 is 10.2 Å². The molecule has 1 aliphatic heterocycles. The lowest BCUT2D eigenvalue weighted by molar-refractivity contribution is 0.352. The Bertz CT molecular complexity index is 377. The highest BCUT2D eigenvalue weighted by Gasteiger charge is 2.12. The predicted molar refractivity (Wildman–Crippen MR) is 75.2 cm³/mol. The standard InChI is InChI=1S/C13H21ClN4/c1-2-5-11-12(14)16-10-17-13(11)15-6-9-18-7-3-4-8-18/h10H,2-9H2,1H3,(H,15,16,17). The fourth-order valence-electron chi connectivity index (χ4n) is 2.35. The topological polar surface area (TPSA) is 41.1 Å². The van der Waals surface area contributed by atoms with Crippen LogP contribution in [-0.2, 0) is 6.42 Å². The molecule has 0 unspecified atom stereocenters. The number of nitrogens with zero attached hydrogens (tertiary/aromatic N) is 3. The molecular formula is C13H21ClN4. The monoisotopic (exact) mass is 268 g/mol. The third-order valence-corrected chi connectivity index (χ3v) is 3.64. The van der Waals surface area contributed by atoms with Gasteiger partial charge in [-0.05, 0) is 32.4 Å². The van der Waals surface area contributed by atoms with Gasteiger partial charge in [0.1, 0.15) is 17.3 Å². The fourth-order valence-corrected chi connectivity index (χ4v) is 2.58. The van der Waals surface area contributed by atoms with Crippen molar-refractivity contribution in [2.75, 3.05) is 31.5 Å². The van der Waals surface area contributed by atoms with Crippen LogP contribution >= 0.6 is 11.6 Å². The number of nitrogens with one attached hydrogen (secondary N) is 1. The summed E-state index contributed by atoms with van der Waals surface area (Å²) < 4.78 is 0. The molecule has 1 aromatic heterocycles. The van der Waals surface area contributed by atoms with E-state index in [1.807, 2.05) is 0 Å². The number of halogens is 1. The highest BCUT2D eigenvalue weighted by molar-refractivity contribution is 6.30. The summed E-state index contributed by atoms with van der Waals surface area (Å²) in [6.45, 7) is 6.59. The van der Waals surface area contributed by atoms with Crippen LogP contribution in [0.3, 0.4) is 0 Å². The Labute approximate surface area is 114 Å². The molecule has 4 nitrogen and oxygen atoms in total. The lowest BCUT2D eigenvalue weighted by atomic mass is 10.2. The van der Waals surface area contributed by atoms with Gasteiger partial charge in [-0.3, -0.25) is 0 Å². The first kappa shape index (κ1) is 13.6. The highest BCUT2D eigenvalue weighted by Crippen LogP contribution is 2.21. The van der Waals surface area contributed by atoms with Crippen molar-refractivity contribution in [2.24, 2.45) is 0 Å². The van der Waals surface area contributed by atoms with Crippen LogP contribution in [0.1, 0.15) is 31.7 Å². The number of hydrogen-bond donors (Lipinski definition) is 1. The molecule has 100 valence electrons. The Morgan fingerprint density at radius 2 is 2.11 bits per heavy atom. The van der Waals surface area contributed by atoms with E-state index in [9.17, 15) is 0 Å². The highest BCUT2D eigenvalue weighted by atomic mass is 35.5. The first-order valence-corrected chi connectivity index (χ1v) is 7.14. The van der Waals surface area contributed by atoms with Gasteiger partial charge >= 0.3 is 0 Å². The van der Waals surface area contributed by atoms with E-state index in [4.69, 9.17) is 11.6 Å². The van der Waals surface area contributed by atoms with E-state index in [0.29, 0.717) is 5.15 Å². The molecule has 0 spiro atoms. The lowest BCUT2D eigenvalue weighted by Gasteiger charge is -2.16. The summed E-state index contributed by atoms with van der Waals surface area (Å²) in [6.07, 6.45) is 6.17. The second kappa shape index (κ2) is 6.90. The van der Waals surface area contributed by atoms with Crippen LogP contribution in [0.4, 0.5) is 5.82 Å². The van der Waals surface area contributed by atoms with E-state index >= 15 is 0 Å². The smallest absolute Gasteiger partial charge is 0.137 e. The zero-order valence-corrected chi connectivity index (χ0v) is 11.7. The van der Waals surface area contributed by atoms with Crippen LogP contribution < -0.4 is 5.32 Å². The van der Waals surface area contributed by atoms with E-state index in [2.05, 4.69) is 27.1 Å². The molecule has 5 heteroatoms. The molecule has 18 heavy (non-hydrogen) atoms. The van der Waals surface area contributed by atoms with Crippen molar-refractivity contribution in [3.8, 4) is 0 Å². The predicted octanol–water partition coefficient (Wildman–Crippen LogP) is 2.59. The van der Waals surface area contributed by atoms with Gasteiger partial charge in [0.15, 0.2) is 0 Å². The van der Waals surface area contributed by atoms with E-state index < -0.39 is 0 Å². The molecule has 1 fully saturated rings. The number of anilines is 1. The molecule has 1 aliphatic rings. The minimum Gasteiger partial charge on any atom is -0.368 e. The largest absolute Gasteiger partial charge is 0.368 e. The van der Waals surface area contributed by atoms with Gasteiger partial charge in [-0.1, -0.05) is 24.9 Å². The van der Waals surface area contributed by atoms with Crippen molar-refractivity contribution in [3.63, 3.8) is 0 Å². The van der Waals surface area contributed by atoms with E-state index in [-0.39, 0.29) is 0 Å². The summed E-state index contributed by atoms with van der Waals surface area (Å²) in [7, 11) is 0. The molecule has 0 atom stereocenters. The van der Waals surface area contributed by atoms with Gasteiger partial charge in [0, 0.05) is 18.7 Å². The molecule has 1 aromatic rings. The van der Waals surface area contributed by atoms with Crippen LogP contribution in [-0.4, -0.2) is 41.0 Å². The van der Waals surface area contributed by atoms with Crippen molar-refractivity contribution < 1.29 is 0 Å². The number of aromatic nitrogens is 2. The third-order valence-electron chi connectivity index (χ3n) is 3.31. The van der Waals surface area contributed by atoms with Crippen molar-refractivity contribution >= 4 is 17.4 Å². The summed E-state index contributed by atoms with van der Waals surface area (Å²) in [6, 6.07) is 0. The maximum absolute atomic E-state index is 6.11. The van der Waals surface area contributed by atoms with Crippen molar-refractivity contribution in [1.29, 1.82) is 0 Å². The maximum atomic E-state index is 6.11. The van der Waals surface area contributed by atoms with Crippen LogP contribution in [0, 0.1) is 0 Å². The number of hydrogen-bond acceptors (Lipinski definition) is 4. The zero-order chi connectivity index (χ0) is 12.8. The molecule has 0 bridgehead atoms. The van der Waals surface area contributed by atoms with E-state index in [1.165, 1.54) is 32.3 Å². The van der Waals surface area contributed by atoms with Crippen LogP contribution in [0.25, 0.3) is 0 Å². The molecule has 1 saturated heterocycles. The molecule has 0 aromatic carbocycles. The second-order valence-electron chi connectivity index (χ2n) is 4.72. The average molecular weight is 269 g/mol. The van der Waals surface area contributed by atoms with E-state index in [0.717, 1.165) is 37.3 Å². The molecule has 1 N–H and O–H groups in total. The summed E-state index contributed by atoms with van der Waals surface area (Å²) >= 11 is 6.11. The molecule has 0 radical (unpaired) electrons. The van der Waals surface area contributed by atoms with Crippen molar-refractivity contribution in [3.05, 3.63) is 17.0 Å². The van der Waals surface area contributed by atoms with E-state index in [1.54, 1.807) is 0 Å². The van der Waals surface area contributed by atoms with Crippen LogP contribution in [0.2, 0.25) is 5.15 Å². The number of rotatable bonds is 6. The minimum atomic E-state index is 0.579. The van der Waals surface area contributed by atoms with Crippen molar-refractivity contribution in [1.82, 2.24) is 14.9 Å². The Balaban J connectivity index is 1.89. The summed E-state index contributed by atoms with van der Waals surface area (Å²) in [5, 5.41) is 3.97. The Hall–Kier alpha value is -0.870. The van der Waals surface area contributed by atoms with Gasteiger partial charge in [0.25, 0.3) is 0 Å². The van der Waals surface area contributed by atoms with Gasteiger partial charge in [-0.25, -0.2) is 9.97 Å². The van der Waals surface area contributed by atoms with Gasteiger partial charge in [0.2, 0.25) is 0 Å². The van der Waals surface area contributed by atoms with Gasteiger partial charge in [-0.2, -0.15) is 0 Å². The Morgan fingerprint density at radius 3 is 2.83 bits per heavy atom. The lowest BCUT2D eigenvalue weighted by Crippen LogP contribution is -2.26.